The fourth-order valence-electron chi connectivity index (χ4n) is 4.67. The molecular formula is C23H28N2O4. The van der Waals surface area contributed by atoms with Crippen molar-refractivity contribution >= 4 is 27.8 Å². The first-order chi connectivity index (χ1) is 13.9. The highest BCUT2D eigenvalue weighted by Gasteiger charge is 2.24. The van der Waals surface area contributed by atoms with Gasteiger partial charge in [0.1, 0.15) is 11.2 Å². The molecule has 1 aromatic carbocycles. The lowest BCUT2D eigenvalue weighted by Crippen LogP contribution is -2.40. The average molecular weight is 396 g/mol. The van der Waals surface area contributed by atoms with Crippen LogP contribution >= 0.6 is 0 Å². The molecule has 0 aliphatic carbocycles. The van der Waals surface area contributed by atoms with E-state index in [-0.39, 0.29) is 12.3 Å². The molecule has 29 heavy (non-hydrogen) atoms. The second-order valence-corrected chi connectivity index (χ2v) is 8.09. The van der Waals surface area contributed by atoms with E-state index in [0.29, 0.717) is 29.3 Å². The molecule has 1 fully saturated rings. The smallest absolute Gasteiger partial charge is 0.340 e. The molecule has 0 radical (unpaired) electrons. The minimum absolute atomic E-state index is 0.0119. The van der Waals surface area contributed by atoms with Crippen molar-refractivity contribution in [2.75, 3.05) is 19.6 Å². The SMILES string of the molecule is CCN1CCC[C@H]1CNC(=O)Cc1c(C)c2c(cc(C)c3c(C)coc32)oc1=O. The Hall–Kier alpha value is -2.60. The van der Waals surface area contributed by atoms with Crippen LogP contribution in [0.1, 0.15) is 42.0 Å². The number of carbonyl (C=O) groups is 1. The standard InChI is InChI=1S/C23H28N2O4/c1-5-25-8-6-7-16(25)11-24-19(26)10-17-15(4)21-18(29-23(17)27)9-13(2)20-14(3)12-28-22(20)21/h9,12,16H,5-8,10-11H2,1-4H3,(H,24,26)/t16-/m0/s1. The van der Waals surface area contributed by atoms with E-state index < -0.39 is 5.63 Å². The van der Waals surface area contributed by atoms with Crippen LogP contribution in [0.25, 0.3) is 21.9 Å². The molecule has 3 heterocycles. The highest BCUT2D eigenvalue weighted by molar-refractivity contribution is 6.07. The van der Waals surface area contributed by atoms with E-state index in [1.54, 1.807) is 6.26 Å². The molecule has 0 saturated carbocycles. The van der Waals surface area contributed by atoms with E-state index in [4.69, 9.17) is 8.83 Å². The highest BCUT2D eigenvalue weighted by Crippen LogP contribution is 2.34. The van der Waals surface area contributed by atoms with E-state index in [1.807, 2.05) is 26.8 Å². The monoisotopic (exact) mass is 396 g/mol. The maximum Gasteiger partial charge on any atom is 0.340 e. The Labute approximate surface area is 169 Å². The number of nitrogens with one attached hydrogen (secondary N) is 1. The highest BCUT2D eigenvalue weighted by atomic mass is 16.4. The minimum atomic E-state index is -0.455. The van der Waals surface area contributed by atoms with Crippen molar-refractivity contribution in [1.82, 2.24) is 10.2 Å². The van der Waals surface area contributed by atoms with Crippen molar-refractivity contribution in [3.63, 3.8) is 0 Å². The van der Waals surface area contributed by atoms with Crippen LogP contribution in [0, 0.1) is 20.8 Å². The van der Waals surface area contributed by atoms with Crippen molar-refractivity contribution in [1.29, 1.82) is 0 Å². The predicted molar refractivity (Wildman–Crippen MR) is 113 cm³/mol. The van der Waals surface area contributed by atoms with Crippen molar-refractivity contribution in [2.45, 2.75) is 53.0 Å². The zero-order valence-electron chi connectivity index (χ0n) is 17.6. The van der Waals surface area contributed by atoms with E-state index in [1.165, 1.54) is 6.42 Å². The van der Waals surface area contributed by atoms with Gasteiger partial charge in [-0.25, -0.2) is 4.79 Å². The van der Waals surface area contributed by atoms with Gasteiger partial charge in [0.15, 0.2) is 0 Å². The van der Waals surface area contributed by atoms with Gasteiger partial charge in [-0.15, -0.1) is 0 Å². The zero-order valence-corrected chi connectivity index (χ0v) is 17.6. The van der Waals surface area contributed by atoms with E-state index in [2.05, 4.69) is 17.1 Å². The van der Waals surface area contributed by atoms with Crippen LogP contribution in [0.2, 0.25) is 0 Å². The lowest BCUT2D eigenvalue weighted by atomic mass is 9.98. The molecule has 0 bridgehead atoms. The Morgan fingerprint density at radius 1 is 1.24 bits per heavy atom. The first kappa shape index (κ1) is 19.7. The summed E-state index contributed by atoms with van der Waals surface area (Å²) in [6, 6.07) is 2.25. The first-order valence-electron chi connectivity index (χ1n) is 10.3. The molecule has 1 aliphatic rings. The Kier molecular flexibility index (Phi) is 5.21. The summed E-state index contributed by atoms with van der Waals surface area (Å²) in [5.74, 6) is -0.151. The van der Waals surface area contributed by atoms with E-state index in [9.17, 15) is 9.59 Å². The maximum absolute atomic E-state index is 12.6. The number of hydrogen-bond acceptors (Lipinski definition) is 5. The molecule has 1 saturated heterocycles. The normalized spacial score (nSPS) is 17.4. The van der Waals surface area contributed by atoms with Crippen LogP contribution < -0.4 is 10.9 Å². The molecule has 1 amide bonds. The third-order valence-corrected chi connectivity index (χ3v) is 6.24. The molecule has 1 atom stereocenters. The van der Waals surface area contributed by atoms with Gasteiger partial charge < -0.3 is 14.2 Å². The first-order valence-corrected chi connectivity index (χ1v) is 10.3. The number of hydrogen-bond donors (Lipinski definition) is 1. The van der Waals surface area contributed by atoms with Crippen LogP contribution in [0.5, 0.6) is 0 Å². The largest absolute Gasteiger partial charge is 0.463 e. The summed E-state index contributed by atoms with van der Waals surface area (Å²) in [5, 5.41) is 4.81. The fourth-order valence-corrected chi connectivity index (χ4v) is 4.67. The van der Waals surface area contributed by atoms with Crippen LogP contribution in [0.15, 0.2) is 26.0 Å². The third-order valence-electron chi connectivity index (χ3n) is 6.24. The topological polar surface area (TPSA) is 75.7 Å². The van der Waals surface area contributed by atoms with Crippen LogP contribution in [-0.4, -0.2) is 36.5 Å². The number of carbonyl (C=O) groups excluding carboxylic acids is 1. The number of amides is 1. The van der Waals surface area contributed by atoms with Gasteiger partial charge in [0.25, 0.3) is 0 Å². The molecule has 2 aromatic heterocycles. The van der Waals surface area contributed by atoms with Gasteiger partial charge in [-0.3, -0.25) is 9.69 Å². The number of nitrogens with zero attached hydrogens (tertiary/aromatic N) is 1. The molecule has 0 unspecified atom stereocenters. The Bertz CT molecular complexity index is 1140. The molecule has 0 spiro atoms. The number of fused-ring (bicyclic) bond motifs is 3. The van der Waals surface area contributed by atoms with Gasteiger partial charge in [-0.2, -0.15) is 0 Å². The summed E-state index contributed by atoms with van der Waals surface area (Å²) in [6.07, 6.45) is 3.99. The Balaban J connectivity index is 1.63. The molecule has 4 rings (SSSR count). The van der Waals surface area contributed by atoms with Crippen LogP contribution in [0.3, 0.4) is 0 Å². The molecule has 3 aromatic rings. The molecule has 6 nitrogen and oxygen atoms in total. The lowest BCUT2D eigenvalue weighted by Gasteiger charge is -2.22. The lowest BCUT2D eigenvalue weighted by molar-refractivity contribution is -0.120. The average Bonchev–Trinajstić information content (AvgIpc) is 3.29. The van der Waals surface area contributed by atoms with Gasteiger partial charge in [0, 0.05) is 18.0 Å². The zero-order chi connectivity index (χ0) is 20.7. The van der Waals surface area contributed by atoms with Gasteiger partial charge in [-0.1, -0.05) is 6.92 Å². The number of furan rings is 1. The summed E-state index contributed by atoms with van der Waals surface area (Å²) in [4.78, 5) is 27.6. The van der Waals surface area contributed by atoms with Gasteiger partial charge in [0.2, 0.25) is 5.91 Å². The van der Waals surface area contributed by atoms with Crippen LogP contribution in [0.4, 0.5) is 0 Å². The van der Waals surface area contributed by atoms with Gasteiger partial charge >= 0.3 is 5.63 Å². The van der Waals surface area contributed by atoms with E-state index >= 15 is 0 Å². The molecule has 1 aliphatic heterocycles. The number of benzene rings is 1. The van der Waals surface area contributed by atoms with Crippen molar-refractivity contribution < 1.29 is 13.6 Å². The Morgan fingerprint density at radius 2 is 2.03 bits per heavy atom. The molecule has 6 heteroatoms. The van der Waals surface area contributed by atoms with Gasteiger partial charge in [-0.05, 0) is 69.5 Å². The predicted octanol–water partition coefficient (Wildman–Crippen LogP) is 3.61. The maximum atomic E-state index is 12.6. The quantitative estimate of drug-likeness (QED) is 0.667. The molecule has 154 valence electrons. The summed E-state index contributed by atoms with van der Waals surface area (Å²) in [5.41, 5.74) is 3.95. The summed E-state index contributed by atoms with van der Waals surface area (Å²) in [7, 11) is 0. The van der Waals surface area contributed by atoms with E-state index in [0.717, 1.165) is 47.0 Å². The molecule has 1 N–H and O–H groups in total. The fraction of sp³-hybridized carbons (Fsp3) is 0.478. The number of aryl methyl sites for hydroxylation is 3. The van der Waals surface area contributed by atoms with Crippen molar-refractivity contribution in [2.24, 2.45) is 0 Å². The second-order valence-electron chi connectivity index (χ2n) is 8.09. The number of likely N-dealkylation sites (N-methyl/N-ethyl adjacent to an activating group) is 1. The third kappa shape index (κ3) is 3.46. The summed E-state index contributed by atoms with van der Waals surface area (Å²) < 4.78 is 11.4. The Morgan fingerprint density at radius 3 is 2.79 bits per heavy atom. The molecular weight excluding hydrogens is 368 g/mol. The van der Waals surface area contributed by atoms with Crippen LogP contribution in [-0.2, 0) is 11.2 Å². The summed E-state index contributed by atoms with van der Waals surface area (Å²) >= 11 is 0. The number of likely N-dealkylation sites (tertiary alicyclic amines) is 1. The van der Waals surface area contributed by atoms with Crippen molar-refractivity contribution in [3.05, 3.63) is 45.0 Å². The number of rotatable bonds is 5. The summed E-state index contributed by atoms with van der Waals surface area (Å²) in [6.45, 7) is 10.7. The second kappa shape index (κ2) is 7.67. The van der Waals surface area contributed by atoms with Gasteiger partial charge in [0.05, 0.1) is 23.6 Å². The minimum Gasteiger partial charge on any atom is -0.463 e. The van der Waals surface area contributed by atoms with Crippen molar-refractivity contribution in [3.8, 4) is 0 Å².